The third kappa shape index (κ3) is 3.64. The van der Waals surface area contributed by atoms with Gasteiger partial charge in [-0.25, -0.2) is 0 Å². The number of aryl methyl sites for hydroxylation is 2. The number of rotatable bonds is 3. The third-order valence-electron chi connectivity index (χ3n) is 2.84. The number of benzene rings is 1. The molecule has 19 heavy (non-hydrogen) atoms. The average Bonchev–Trinajstić information content (AvgIpc) is 2.36. The van der Waals surface area contributed by atoms with Gasteiger partial charge in [0.25, 0.3) is 0 Å². The molecule has 0 radical (unpaired) electrons. The first-order valence-corrected chi connectivity index (χ1v) is 6.82. The molecule has 1 N–H and O–H groups in total. The summed E-state index contributed by atoms with van der Waals surface area (Å²) < 4.78 is 0.888. The monoisotopic (exact) mass is 318 g/mol. The van der Waals surface area contributed by atoms with Gasteiger partial charge in [-0.15, -0.1) is 0 Å². The van der Waals surface area contributed by atoms with Gasteiger partial charge >= 0.3 is 0 Å². The fourth-order valence-electron chi connectivity index (χ4n) is 1.77. The van der Waals surface area contributed by atoms with Crippen LogP contribution in [0.2, 0.25) is 0 Å². The van der Waals surface area contributed by atoms with Crippen molar-refractivity contribution in [3.05, 3.63) is 57.8 Å². The van der Waals surface area contributed by atoms with Gasteiger partial charge < -0.3 is 5.32 Å². The summed E-state index contributed by atoms with van der Waals surface area (Å²) in [6, 6.07) is 9.65. The standard InChI is InChI=1S/C15H15BrN2O/c1-10-5-6-13(12(16)8-10)18-15(19)9-14-11(2)4-3-7-17-14/h3-8H,9H2,1-2H3,(H,18,19). The Labute approximate surface area is 121 Å². The van der Waals surface area contributed by atoms with Crippen LogP contribution in [0.4, 0.5) is 5.69 Å². The first-order valence-electron chi connectivity index (χ1n) is 6.03. The highest BCUT2D eigenvalue weighted by atomic mass is 79.9. The van der Waals surface area contributed by atoms with Gasteiger partial charge in [0.2, 0.25) is 5.91 Å². The SMILES string of the molecule is Cc1ccc(NC(=O)Cc2ncccc2C)c(Br)c1. The smallest absolute Gasteiger partial charge is 0.230 e. The number of anilines is 1. The molecular formula is C15H15BrN2O. The van der Waals surface area contributed by atoms with Gasteiger partial charge in [0, 0.05) is 10.7 Å². The number of amides is 1. The normalized spacial score (nSPS) is 10.3. The maximum Gasteiger partial charge on any atom is 0.230 e. The zero-order chi connectivity index (χ0) is 13.8. The lowest BCUT2D eigenvalue weighted by molar-refractivity contribution is -0.115. The summed E-state index contributed by atoms with van der Waals surface area (Å²) in [6.07, 6.45) is 1.99. The maximum absolute atomic E-state index is 12.0. The molecule has 0 aliphatic heterocycles. The second kappa shape index (κ2) is 5.97. The highest BCUT2D eigenvalue weighted by molar-refractivity contribution is 9.10. The molecule has 1 aromatic carbocycles. The lowest BCUT2D eigenvalue weighted by Gasteiger charge is -2.09. The van der Waals surface area contributed by atoms with E-state index in [-0.39, 0.29) is 12.3 Å². The predicted octanol–water partition coefficient (Wildman–Crippen LogP) is 3.64. The van der Waals surface area contributed by atoms with E-state index in [1.54, 1.807) is 6.20 Å². The van der Waals surface area contributed by atoms with Crippen molar-refractivity contribution in [3.63, 3.8) is 0 Å². The van der Waals surface area contributed by atoms with Crippen molar-refractivity contribution in [2.45, 2.75) is 20.3 Å². The van der Waals surface area contributed by atoms with Gasteiger partial charge in [0.05, 0.1) is 17.8 Å². The summed E-state index contributed by atoms with van der Waals surface area (Å²) in [7, 11) is 0. The summed E-state index contributed by atoms with van der Waals surface area (Å²) in [5.41, 5.74) is 3.76. The number of carbonyl (C=O) groups excluding carboxylic acids is 1. The Balaban J connectivity index is 2.08. The molecule has 98 valence electrons. The molecule has 0 saturated carbocycles. The maximum atomic E-state index is 12.0. The zero-order valence-electron chi connectivity index (χ0n) is 10.9. The van der Waals surface area contributed by atoms with E-state index in [9.17, 15) is 4.79 Å². The van der Waals surface area contributed by atoms with Crippen molar-refractivity contribution in [2.24, 2.45) is 0 Å². The molecule has 2 rings (SSSR count). The Kier molecular flexibility index (Phi) is 4.32. The lowest BCUT2D eigenvalue weighted by Crippen LogP contribution is -2.16. The van der Waals surface area contributed by atoms with Crippen LogP contribution < -0.4 is 5.32 Å². The number of halogens is 1. The minimum absolute atomic E-state index is 0.0636. The molecule has 0 spiro atoms. The van der Waals surface area contributed by atoms with E-state index in [1.807, 2.05) is 44.2 Å². The first kappa shape index (κ1) is 13.7. The molecule has 0 aliphatic rings. The average molecular weight is 319 g/mol. The van der Waals surface area contributed by atoms with Gasteiger partial charge in [-0.2, -0.15) is 0 Å². The lowest BCUT2D eigenvalue weighted by atomic mass is 10.1. The van der Waals surface area contributed by atoms with Crippen LogP contribution in [0.1, 0.15) is 16.8 Å². The molecule has 1 aromatic heterocycles. The van der Waals surface area contributed by atoms with Gasteiger partial charge in [-0.3, -0.25) is 9.78 Å². The van der Waals surface area contributed by atoms with E-state index in [1.165, 1.54) is 0 Å². The van der Waals surface area contributed by atoms with Crippen molar-refractivity contribution in [1.82, 2.24) is 4.98 Å². The number of nitrogens with one attached hydrogen (secondary N) is 1. The van der Waals surface area contributed by atoms with E-state index < -0.39 is 0 Å². The topological polar surface area (TPSA) is 42.0 Å². The van der Waals surface area contributed by atoms with Crippen LogP contribution in [0.15, 0.2) is 41.0 Å². The largest absolute Gasteiger partial charge is 0.325 e. The fraction of sp³-hybridized carbons (Fsp3) is 0.200. The van der Waals surface area contributed by atoms with E-state index in [2.05, 4.69) is 26.2 Å². The molecule has 1 heterocycles. The molecule has 0 fully saturated rings. The van der Waals surface area contributed by atoms with Crippen molar-refractivity contribution in [3.8, 4) is 0 Å². The molecule has 0 bridgehead atoms. The minimum atomic E-state index is -0.0636. The quantitative estimate of drug-likeness (QED) is 0.938. The highest BCUT2D eigenvalue weighted by Crippen LogP contribution is 2.23. The number of carbonyl (C=O) groups is 1. The number of pyridine rings is 1. The van der Waals surface area contributed by atoms with Crippen molar-refractivity contribution in [2.75, 3.05) is 5.32 Å². The number of nitrogens with zero attached hydrogens (tertiary/aromatic N) is 1. The van der Waals surface area contributed by atoms with Crippen LogP contribution in [0.25, 0.3) is 0 Å². The van der Waals surface area contributed by atoms with Gasteiger partial charge in [0.15, 0.2) is 0 Å². The molecule has 1 amide bonds. The predicted molar refractivity (Wildman–Crippen MR) is 80.2 cm³/mol. The van der Waals surface area contributed by atoms with Crippen molar-refractivity contribution < 1.29 is 4.79 Å². The Morgan fingerprint density at radius 1 is 1.32 bits per heavy atom. The zero-order valence-corrected chi connectivity index (χ0v) is 12.5. The number of hydrogen-bond acceptors (Lipinski definition) is 2. The summed E-state index contributed by atoms with van der Waals surface area (Å²) in [5, 5.41) is 2.89. The van der Waals surface area contributed by atoms with Crippen LogP contribution in [0, 0.1) is 13.8 Å². The van der Waals surface area contributed by atoms with E-state index in [4.69, 9.17) is 0 Å². The minimum Gasteiger partial charge on any atom is -0.325 e. The fourth-order valence-corrected chi connectivity index (χ4v) is 2.36. The molecule has 0 unspecified atom stereocenters. The molecule has 2 aromatic rings. The van der Waals surface area contributed by atoms with Crippen LogP contribution >= 0.6 is 15.9 Å². The third-order valence-corrected chi connectivity index (χ3v) is 3.50. The Morgan fingerprint density at radius 3 is 2.79 bits per heavy atom. The highest BCUT2D eigenvalue weighted by Gasteiger charge is 2.09. The van der Waals surface area contributed by atoms with E-state index in [0.717, 1.165) is 27.0 Å². The van der Waals surface area contributed by atoms with Crippen molar-refractivity contribution >= 4 is 27.5 Å². The van der Waals surface area contributed by atoms with Crippen LogP contribution in [0.3, 0.4) is 0 Å². The van der Waals surface area contributed by atoms with Crippen LogP contribution in [0.5, 0.6) is 0 Å². The molecule has 0 atom stereocenters. The Bertz CT molecular complexity index is 611. The van der Waals surface area contributed by atoms with Gasteiger partial charge in [-0.05, 0) is 59.1 Å². The Hall–Kier alpha value is -1.68. The van der Waals surface area contributed by atoms with Gasteiger partial charge in [-0.1, -0.05) is 12.1 Å². The number of hydrogen-bond donors (Lipinski definition) is 1. The summed E-state index contributed by atoms with van der Waals surface area (Å²) >= 11 is 3.45. The van der Waals surface area contributed by atoms with Crippen molar-refractivity contribution in [1.29, 1.82) is 0 Å². The molecule has 0 aliphatic carbocycles. The molecule has 4 heteroatoms. The van der Waals surface area contributed by atoms with Gasteiger partial charge in [0.1, 0.15) is 0 Å². The molecule has 0 saturated heterocycles. The van der Waals surface area contributed by atoms with Crippen LogP contribution in [-0.2, 0) is 11.2 Å². The summed E-state index contributed by atoms with van der Waals surface area (Å²) in [5.74, 6) is -0.0636. The van der Waals surface area contributed by atoms with E-state index in [0.29, 0.717) is 0 Å². The Morgan fingerprint density at radius 2 is 2.11 bits per heavy atom. The molecular weight excluding hydrogens is 304 g/mol. The first-order chi connectivity index (χ1) is 9.06. The summed E-state index contributed by atoms with van der Waals surface area (Å²) in [4.78, 5) is 16.2. The summed E-state index contributed by atoms with van der Waals surface area (Å²) in [6.45, 7) is 3.96. The van der Waals surface area contributed by atoms with E-state index >= 15 is 0 Å². The second-order valence-corrected chi connectivity index (χ2v) is 5.33. The number of aromatic nitrogens is 1. The second-order valence-electron chi connectivity index (χ2n) is 4.48. The molecule has 3 nitrogen and oxygen atoms in total. The van der Waals surface area contributed by atoms with Crippen LogP contribution in [-0.4, -0.2) is 10.9 Å².